The van der Waals surface area contributed by atoms with E-state index in [1.807, 2.05) is 19.1 Å². The Balaban J connectivity index is 1.70. The number of aryl methyl sites for hydroxylation is 1. The molecule has 0 radical (unpaired) electrons. The van der Waals surface area contributed by atoms with Gasteiger partial charge in [-0.3, -0.25) is 9.59 Å². The molecule has 3 heterocycles. The van der Waals surface area contributed by atoms with Crippen LogP contribution in [0.4, 0.5) is 0 Å². The summed E-state index contributed by atoms with van der Waals surface area (Å²) in [5.41, 5.74) is 3.24. The highest BCUT2D eigenvalue weighted by molar-refractivity contribution is 6.31. The molecule has 0 spiro atoms. The number of carbonyl (C=O) groups excluding carboxylic acids is 1. The Hall–Kier alpha value is -2.77. The zero-order valence-corrected chi connectivity index (χ0v) is 20.2. The Morgan fingerprint density at radius 1 is 1.30 bits per heavy atom. The molecular formula is C25H30ClN3O4. The van der Waals surface area contributed by atoms with E-state index in [-0.39, 0.29) is 24.1 Å². The fourth-order valence-electron chi connectivity index (χ4n) is 4.92. The minimum atomic E-state index is -0.272. The van der Waals surface area contributed by atoms with Crippen molar-refractivity contribution in [1.29, 1.82) is 0 Å². The van der Waals surface area contributed by atoms with Crippen LogP contribution in [0.2, 0.25) is 5.02 Å². The Labute approximate surface area is 198 Å². The zero-order valence-electron chi connectivity index (χ0n) is 19.5. The number of pyridine rings is 1. The molecule has 3 aromatic rings. The molecule has 7 nitrogen and oxygen atoms in total. The number of aromatic nitrogens is 2. The maximum Gasteiger partial charge on any atom is 0.256 e. The second kappa shape index (κ2) is 9.61. The smallest absolute Gasteiger partial charge is 0.256 e. The largest absolute Gasteiger partial charge is 0.496 e. The third-order valence-corrected chi connectivity index (χ3v) is 6.90. The fraction of sp³-hybridized carbons (Fsp3) is 0.440. The van der Waals surface area contributed by atoms with E-state index in [1.165, 1.54) is 7.11 Å². The first-order valence-electron chi connectivity index (χ1n) is 11.2. The van der Waals surface area contributed by atoms with Gasteiger partial charge in [0.25, 0.3) is 11.5 Å². The molecule has 0 unspecified atom stereocenters. The van der Waals surface area contributed by atoms with E-state index < -0.39 is 0 Å². The standard InChI is InChI=1S/C25H30ClN3O4/c1-14-11-22(32-4)20(24(30)28-14)13-27-25(31)23-16(3)29(15(2)17-7-9-33-10-8-17)21-12-18(26)5-6-19(21)23/h5-6,11-12,15,17H,7-10,13H2,1-4H3,(H,27,31)(H,28,30)/t15-/m0/s1. The summed E-state index contributed by atoms with van der Waals surface area (Å²) in [4.78, 5) is 28.6. The number of amides is 1. The monoisotopic (exact) mass is 471 g/mol. The van der Waals surface area contributed by atoms with Gasteiger partial charge in [0.2, 0.25) is 0 Å². The molecule has 1 fully saturated rings. The molecule has 0 saturated carbocycles. The summed E-state index contributed by atoms with van der Waals surface area (Å²) in [5, 5.41) is 4.40. The van der Waals surface area contributed by atoms with E-state index in [4.69, 9.17) is 21.1 Å². The number of hydrogen-bond acceptors (Lipinski definition) is 4. The molecule has 1 saturated heterocycles. The summed E-state index contributed by atoms with van der Waals surface area (Å²) >= 11 is 6.34. The normalized spacial score (nSPS) is 15.5. The number of benzene rings is 1. The zero-order chi connectivity index (χ0) is 23.7. The summed E-state index contributed by atoms with van der Waals surface area (Å²) in [7, 11) is 1.51. The lowest BCUT2D eigenvalue weighted by molar-refractivity contribution is 0.0517. The predicted octanol–water partition coefficient (Wildman–Crippen LogP) is 4.53. The number of hydrogen-bond donors (Lipinski definition) is 2. The molecule has 0 bridgehead atoms. The van der Waals surface area contributed by atoms with Gasteiger partial charge in [0.05, 0.1) is 30.3 Å². The minimum absolute atomic E-state index is 0.0623. The Morgan fingerprint density at radius 2 is 2.03 bits per heavy atom. The van der Waals surface area contributed by atoms with Crippen molar-refractivity contribution in [3.05, 3.63) is 62.2 Å². The van der Waals surface area contributed by atoms with Crippen LogP contribution in [-0.2, 0) is 11.3 Å². The van der Waals surface area contributed by atoms with E-state index in [1.54, 1.807) is 19.1 Å². The van der Waals surface area contributed by atoms with Crippen LogP contribution in [0.5, 0.6) is 5.75 Å². The average Bonchev–Trinajstić information content (AvgIpc) is 3.08. The lowest BCUT2D eigenvalue weighted by atomic mass is 9.92. The van der Waals surface area contributed by atoms with Gasteiger partial charge in [-0.1, -0.05) is 17.7 Å². The van der Waals surface area contributed by atoms with E-state index in [0.29, 0.717) is 33.5 Å². The lowest BCUT2D eigenvalue weighted by Gasteiger charge is -2.30. The molecular weight excluding hydrogens is 442 g/mol. The number of H-pyrrole nitrogens is 1. The summed E-state index contributed by atoms with van der Waals surface area (Å²) in [6.07, 6.45) is 1.97. The highest BCUT2D eigenvalue weighted by Gasteiger charge is 2.28. The first-order chi connectivity index (χ1) is 15.8. The minimum Gasteiger partial charge on any atom is -0.496 e. The average molecular weight is 472 g/mol. The first kappa shape index (κ1) is 23.4. The number of fused-ring (bicyclic) bond motifs is 1. The molecule has 0 aliphatic carbocycles. The summed E-state index contributed by atoms with van der Waals surface area (Å²) in [6.45, 7) is 7.53. The van der Waals surface area contributed by atoms with E-state index in [2.05, 4.69) is 21.8 Å². The van der Waals surface area contributed by atoms with Gasteiger partial charge in [-0.15, -0.1) is 0 Å². The summed E-state index contributed by atoms with van der Waals surface area (Å²) in [6, 6.07) is 7.56. The van der Waals surface area contributed by atoms with Crippen LogP contribution in [0.1, 0.15) is 53.1 Å². The number of nitrogens with one attached hydrogen (secondary N) is 2. The van der Waals surface area contributed by atoms with Gasteiger partial charge in [0.1, 0.15) is 5.75 Å². The van der Waals surface area contributed by atoms with Gasteiger partial charge in [-0.25, -0.2) is 0 Å². The van der Waals surface area contributed by atoms with Crippen LogP contribution in [0.25, 0.3) is 10.9 Å². The molecule has 2 aromatic heterocycles. The van der Waals surface area contributed by atoms with Crippen molar-refractivity contribution >= 4 is 28.4 Å². The van der Waals surface area contributed by atoms with Gasteiger partial charge >= 0.3 is 0 Å². The summed E-state index contributed by atoms with van der Waals surface area (Å²) < 4.78 is 13.1. The van der Waals surface area contributed by atoms with Crippen LogP contribution >= 0.6 is 11.6 Å². The van der Waals surface area contributed by atoms with E-state index in [9.17, 15) is 9.59 Å². The van der Waals surface area contributed by atoms with Crippen molar-refractivity contribution in [2.45, 2.75) is 46.2 Å². The van der Waals surface area contributed by atoms with Gasteiger partial charge in [0.15, 0.2) is 0 Å². The second-order valence-electron chi connectivity index (χ2n) is 8.69. The van der Waals surface area contributed by atoms with E-state index >= 15 is 0 Å². The van der Waals surface area contributed by atoms with Crippen LogP contribution in [-0.4, -0.2) is 35.8 Å². The van der Waals surface area contributed by atoms with Crippen molar-refractivity contribution in [2.75, 3.05) is 20.3 Å². The molecule has 1 aromatic carbocycles. The molecule has 1 atom stereocenters. The maximum absolute atomic E-state index is 13.4. The number of rotatable bonds is 6. The fourth-order valence-corrected chi connectivity index (χ4v) is 5.09. The summed E-state index contributed by atoms with van der Waals surface area (Å²) in [5.74, 6) is 0.675. The van der Waals surface area contributed by atoms with Crippen molar-refractivity contribution in [2.24, 2.45) is 5.92 Å². The first-order valence-corrected chi connectivity index (χ1v) is 11.6. The number of carbonyl (C=O) groups is 1. The van der Waals surface area contributed by atoms with Crippen LogP contribution in [0, 0.1) is 19.8 Å². The predicted molar refractivity (Wildman–Crippen MR) is 129 cm³/mol. The molecule has 4 rings (SSSR count). The third-order valence-electron chi connectivity index (χ3n) is 6.67. The van der Waals surface area contributed by atoms with Gasteiger partial charge in [-0.05, 0) is 57.7 Å². The van der Waals surface area contributed by atoms with Crippen LogP contribution in [0.3, 0.4) is 0 Å². The Kier molecular flexibility index (Phi) is 6.81. The van der Waals surface area contributed by atoms with Crippen molar-refractivity contribution in [1.82, 2.24) is 14.9 Å². The third kappa shape index (κ3) is 4.52. The Bertz CT molecular complexity index is 1240. The number of methoxy groups -OCH3 is 1. The van der Waals surface area contributed by atoms with Crippen molar-refractivity contribution in [3.63, 3.8) is 0 Å². The van der Waals surface area contributed by atoms with Crippen LogP contribution in [0.15, 0.2) is 29.1 Å². The molecule has 1 amide bonds. The lowest BCUT2D eigenvalue weighted by Crippen LogP contribution is -2.28. The molecule has 176 valence electrons. The Morgan fingerprint density at radius 3 is 2.73 bits per heavy atom. The number of nitrogens with zero attached hydrogens (tertiary/aromatic N) is 1. The maximum atomic E-state index is 13.4. The van der Waals surface area contributed by atoms with Crippen molar-refractivity contribution in [3.8, 4) is 5.75 Å². The molecule has 8 heteroatoms. The van der Waals surface area contributed by atoms with Crippen LogP contribution < -0.4 is 15.6 Å². The topological polar surface area (TPSA) is 85.4 Å². The second-order valence-corrected chi connectivity index (χ2v) is 9.13. The number of aromatic amines is 1. The highest BCUT2D eigenvalue weighted by Crippen LogP contribution is 2.36. The van der Waals surface area contributed by atoms with Gasteiger partial charge in [-0.2, -0.15) is 0 Å². The molecule has 1 aliphatic rings. The number of halogens is 1. The van der Waals surface area contributed by atoms with E-state index in [0.717, 1.165) is 42.7 Å². The quantitative estimate of drug-likeness (QED) is 0.553. The van der Waals surface area contributed by atoms with Gasteiger partial charge in [0, 0.05) is 41.1 Å². The van der Waals surface area contributed by atoms with Gasteiger partial charge < -0.3 is 24.3 Å². The molecule has 2 N–H and O–H groups in total. The SMILES string of the molecule is COc1cc(C)[nH]c(=O)c1CNC(=O)c1c(C)n([C@@H](C)C2CCOCC2)c2cc(Cl)ccc12. The highest BCUT2D eigenvalue weighted by atomic mass is 35.5. The van der Waals surface area contributed by atoms with Crippen molar-refractivity contribution < 1.29 is 14.3 Å². The molecule has 33 heavy (non-hydrogen) atoms. The molecule has 1 aliphatic heterocycles. The number of ether oxygens (including phenoxy) is 2.